The maximum Gasteiger partial charge on any atom is 0.255 e. The molecule has 0 aromatic carbocycles. The van der Waals surface area contributed by atoms with Crippen molar-refractivity contribution in [2.75, 3.05) is 18.0 Å². The summed E-state index contributed by atoms with van der Waals surface area (Å²) in [5, 5.41) is 0. The number of anilines is 1. The average Bonchev–Trinajstić information content (AvgIpc) is 2.08. The molecular weight excluding hydrogens is 188 g/mol. The minimum atomic E-state index is 0.148. The lowest BCUT2D eigenvalue weighted by Gasteiger charge is -2.35. The number of hydrogen-bond donors (Lipinski definition) is 0. The van der Waals surface area contributed by atoms with Crippen LogP contribution in [0, 0.1) is 0 Å². The Bertz CT molecular complexity index is 416. The van der Waals surface area contributed by atoms with Crippen LogP contribution in [-0.2, 0) is 7.05 Å². The van der Waals surface area contributed by atoms with Crippen LogP contribution in [0.15, 0.2) is 17.1 Å². The van der Waals surface area contributed by atoms with Gasteiger partial charge in [0.25, 0.3) is 5.56 Å². The molecule has 0 bridgehead atoms. The predicted octanol–water partition coefficient (Wildman–Crippen LogP) is 1.72. The van der Waals surface area contributed by atoms with Gasteiger partial charge in [-0.25, -0.2) is 0 Å². The largest absolute Gasteiger partial charge is 0.371 e. The fourth-order valence-corrected chi connectivity index (χ4v) is 2.02. The quantitative estimate of drug-likeness (QED) is 0.736. The minimum Gasteiger partial charge on any atom is -0.371 e. The number of aryl methyl sites for hydroxylation is 1. The molecule has 1 aliphatic heterocycles. The van der Waals surface area contributed by atoms with E-state index in [1.54, 1.807) is 4.57 Å². The van der Waals surface area contributed by atoms with E-state index in [-0.39, 0.29) is 5.56 Å². The molecule has 3 heteroatoms. The van der Waals surface area contributed by atoms with Crippen LogP contribution in [0.2, 0.25) is 0 Å². The molecule has 3 nitrogen and oxygen atoms in total. The molecule has 0 unspecified atom stereocenters. The molecule has 0 N–H and O–H groups in total. The molecular formula is C12H18N2O. The van der Waals surface area contributed by atoms with E-state index >= 15 is 0 Å². The van der Waals surface area contributed by atoms with Gasteiger partial charge in [0.15, 0.2) is 0 Å². The Labute approximate surface area is 90.3 Å². The number of hydrogen-bond acceptors (Lipinski definition) is 2. The van der Waals surface area contributed by atoms with Gasteiger partial charge in [-0.05, 0) is 18.4 Å². The molecule has 15 heavy (non-hydrogen) atoms. The van der Waals surface area contributed by atoms with E-state index in [2.05, 4.69) is 24.8 Å². The predicted molar refractivity (Wildman–Crippen MR) is 62.6 cm³/mol. The Morgan fingerprint density at radius 2 is 2.00 bits per heavy atom. The van der Waals surface area contributed by atoms with Crippen molar-refractivity contribution < 1.29 is 0 Å². The molecule has 82 valence electrons. The molecule has 0 spiro atoms. The second kappa shape index (κ2) is 3.72. The van der Waals surface area contributed by atoms with Gasteiger partial charge < -0.3 is 9.47 Å². The molecule has 2 rings (SSSR count). The highest BCUT2D eigenvalue weighted by molar-refractivity contribution is 5.55. The summed E-state index contributed by atoms with van der Waals surface area (Å²) in [6.07, 6.45) is 3.11. The van der Waals surface area contributed by atoms with Crippen LogP contribution in [-0.4, -0.2) is 17.7 Å². The van der Waals surface area contributed by atoms with E-state index < -0.39 is 0 Å². The lowest BCUT2D eigenvalue weighted by atomic mass is 10.0. The van der Waals surface area contributed by atoms with Gasteiger partial charge in [0.05, 0.1) is 0 Å². The third-order valence-corrected chi connectivity index (χ3v) is 3.06. The van der Waals surface area contributed by atoms with E-state index in [4.69, 9.17) is 0 Å². The van der Waals surface area contributed by atoms with Gasteiger partial charge in [-0.3, -0.25) is 4.79 Å². The molecule has 0 saturated carbocycles. The Kier molecular flexibility index (Phi) is 2.55. The molecule has 0 atom stereocenters. The van der Waals surface area contributed by atoms with Gasteiger partial charge in [-0.15, -0.1) is 0 Å². The first-order valence-electron chi connectivity index (χ1n) is 5.55. The Hall–Kier alpha value is -1.25. The van der Waals surface area contributed by atoms with Gasteiger partial charge in [0, 0.05) is 37.6 Å². The molecule has 1 saturated heterocycles. The van der Waals surface area contributed by atoms with E-state index in [1.165, 1.54) is 6.42 Å². The Morgan fingerprint density at radius 1 is 1.33 bits per heavy atom. The fourth-order valence-electron chi connectivity index (χ4n) is 2.02. The third-order valence-electron chi connectivity index (χ3n) is 3.06. The van der Waals surface area contributed by atoms with Crippen molar-refractivity contribution in [2.24, 2.45) is 7.05 Å². The standard InChI is InChI=1S/C12H18N2O/c1-9(2)11-10(14-6-4-7-14)5-8-13(3)12(11)15/h5,8-9H,4,6-7H2,1-3H3. The summed E-state index contributed by atoms with van der Waals surface area (Å²) in [4.78, 5) is 14.3. The monoisotopic (exact) mass is 206 g/mol. The molecule has 1 fully saturated rings. The first-order chi connectivity index (χ1) is 7.11. The highest BCUT2D eigenvalue weighted by Gasteiger charge is 2.21. The van der Waals surface area contributed by atoms with Crippen molar-refractivity contribution >= 4 is 5.69 Å². The summed E-state index contributed by atoms with van der Waals surface area (Å²) in [5.74, 6) is 0.292. The van der Waals surface area contributed by atoms with E-state index in [9.17, 15) is 4.79 Å². The lowest BCUT2D eigenvalue weighted by Crippen LogP contribution is -2.39. The summed E-state index contributed by atoms with van der Waals surface area (Å²) < 4.78 is 1.67. The van der Waals surface area contributed by atoms with Crippen molar-refractivity contribution in [3.63, 3.8) is 0 Å². The summed E-state index contributed by atoms with van der Waals surface area (Å²) in [7, 11) is 1.81. The van der Waals surface area contributed by atoms with E-state index in [0.717, 1.165) is 24.3 Å². The summed E-state index contributed by atoms with van der Waals surface area (Å²) in [6.45, 7) is 6.35. The van der Waals surface area contributed by atoms with Gasteiger partial charge in [-0.1, -0.05) is 13.8 Å². The van der Waals surface area contributed by atoms with Crippen molar-refractivity contribution in [1.29, 1.82) is 0 Å². The van der Waals surface area contributed by atoms with Crippen LogP contribution in [0.3, 0.4) is 0 Å². The lowest BCUT2D eigenvalue weighted by molar-refractivity contribution is 0.608. The van der Waals surface area contributed by atoms with E-state index in [1.807, 2.05) is 13.2 Å². The highest BCUT2D eigenvalue weighted by atomic mass is 16.1. The zero-order valence-corrected chi connectivity index (χ0v) is 9.66. The first-order valence-corrected chi connectivity index (χ1v) is 5.55. The minimum absolute atomic E-state index is 0.148. The molecule has 0 amide bonds. The normalized spacial score (nSPS) is 15.6. The van der Waals surface area contributed by atoms with Crippen molar-refractivity contribution in [1.82, 2.24) is 4.57 Å². The van der Waals surface area contributed by atoms with Crippen molar-refractivity contribution in [2.45, 2.75) is 26.2 Å². The van der Waals surface area contributed by atoms with Crippen LogP contribution in [0.1, 0.15) is 31.7 Å². The smallest absolute Gasteiger partial charge is 0.255 e. The Morgan fingerprint density at radius 3 is 2.47 bits per heavy atom. The Balaban J connectivity index is 2.53. The third kappa shape index (κ3) is 1.66. The maximum absolute atomic E-state index is 12.0. The zero-order valence-electron chi connectivity index (χ0n) is 9.66. The molecule has 1 aliphatic rings. The molecule has 1 aromatic rings. The van der Waals surface area contributed by atoms with Crippen LogP contribution in [0.25, 0.3) is 0 Å². The number of rotatable bonds is 2. The highest BCUT2D eigenvalue weighted by Crippen LogP contribution is 2.27. The van der Waals surface area contributed by atoms with Gasteiger partial charge >= 0.3 is 0 Å². The summed E-state index contributed by atoms with van der Waals surface area (Å²) in [6, 6.07) is 2.07. The van der Waals surface area contributed by atoms with Gasteiger partial charge in [0.1, 0.15) is 0 Å². The van der Waals surface area contributed by atoms with E-state index in [0.29, 0.717) is 5.92 Å². The van der Waals surface area contributed by atoms with Gasteiger partial charge in [-0.2, -0.15) is 0 Å². The second-order valence-corrected chi connectivity index (χ2v) is 4.53. The molecule has 1 aromatic heterocycles. The van der Waals surface area contributed by atoms with Crippen molar-refractivity contribution in [3.8, 4) is 0 Å². The topological polar surface area (TPSA) is 25.2 Å². The zero-order chi connectivity index (χ0) is 11.0. The molecule has 0 radical (unpaired) electrons. The summed E-state index contributed by atoms with van der Waals surface area (Å²) >= 11 is 0. The number of pyridine rings is 1. The number of nitrogens with zero attached hydrogens (tertiary/aromatic N) is 2. The van der Waals surface area contributed by atoms with Gasteiger partial charge in [0.2, 0.25) is 0 Å². The molecule has 0 aliphatic carbocycles. The van der Waals surface area contributed by atoms with Crippen LogP contribution in [0.4, 0.5) is 5.69 Å². The average molecular weight is 206 g/mol. The first kappa shape index (κ1) is 10.3. The van der Waals surface area contributed by atoms with Crippen molar-refractivity contribution in [3.05, 3.63) is 28.2 Å². The maximum atomic E-state index is 12.0. The summed E-state index contributed by atoms with van der Waals surface area (Å²) in [5.41, 5.74) is 2.24. The van der Waals surface area contributed by atoms with Crippen LogP contribution >= 0.6 is 0 Å². The SMILES string of the molecule is CC(C)c1c(N2CCC2)ccn(C)c1=O. The second-order valence-electron chi connectivity index (χ2n) is 4.53. The number of aromatic nitrogens is 1. The molecule has 2 heterocycles. The fraction of sp³-hybridized carbons (Fsp3) is 0.583. The van der Waals surface area contributed by atoms with Crippen LogP contribution in [0.5, 0.6) is 0 Å². The van der Waals surface area contributed by atoms with Crippen LogP contribution < -0.4 is 10.5 Å².